The van der Waals surface area contributed by atoms with E-state index in [-0.39, 0.29) is 0 Å². The Morgan fingerprint density at radius 2 is 1.56 bits per heavy atom. The van der Waals surface area contributed by atoms with Gasteiger partial charge in [-0.1, -0.05) is 54.1 Å². The van der Waals surface area contributed by atoms with Gasteiger partial charge in [0.05, 0.1) is 11.5 Å². The van der Waals surface area contributed by atoms with Gasteiger partial charge >= 0.3 is 0 Å². The molecule has 0 saturated carbocycles. The molecule has 0 spiro atoms. The molecule has 0 radical (unpaired) electrons. The molecule has 0 bridgehead atoms. The van der Waals surface area contributed by atoms with Crippen LogP contribution >= 0.6 is 11.6 Å². The van der Waals surface area contributed by atoms with Crippen molar-refractivity contribution in [2.24, 2.45) is 0 Å². The number of rotatable bonds is 4. The van der Waals surface area contributed by atoms with Crippen LogP contribution in [0.25, 0.3) is 22.3 Å². The lowest BCUT2D eigenvalue weighted by molar-refractivity contribution is 0.582. The van der Waals surface area contributed by atoms with Gasteiger partial charge in [-0.05, 0) is 43.3 Å². The number of hydrogen-bond acceptors (Lipinski definition) is 1. The highest BCUT2D eigenvalue weighted by Gasteiger charge is 2.13. The third-order valence-electron chi connectivity index (χ3n) is 4.72. The first kappa shape index (κ1) is 17.6. The van der Waals surface area contributed by atoms with E-state index in [0.29, 0.717) is 0 Å². The fourth-order valence-corrected chi connectivity index (χ4v) is 3.43. The predicted molar refractivity (Wildman–Crippen MR) is 113 cm³/mol. The summed E-state index contributed by atoms with van der Waals surface area (Å²) in [5.41, 5.74) is 3.19. The van der Waals surface area contributed by atoms with Gasteiger partial charge < -0.3 is 4.42 Å². The first-order chi connectivity index (χ1) is 13.2. The fourth-order valence-electron chi connectivity index (χ4n) is 3.31. The molecule has 0 amide bonds. The second-order valence-electron chi connectivity index (χ2n) is 6.50. The zero-order valence-corrected chi connectivity index (χ0v) is 16.0. The quantitative estimate of drug-likeness (QED) is 0.416. The molecular formula is C24H21ClNO+. The molecule has 4 rings (SSSR count). The van der Waals surface area contributed by atoms with Gasteiger partial charge in [-0.3, -0.25) is 0 Å². The third-order valence-corrected chi connectivity index (χ3v) is 4.97. The van der Waals surface area contributed by atoms with Crippen LogP contribution in [0.2, 0.25) is 5.02 Å². The van der Waals surface area contributed by atoms with Crippen LogP contribution in [0.3, 0.4) is 0 Å². The van der Waals surface area contributed by atoms with Gasteiger partial charge in [-0.15, -0.1) is 0 Å². The van der Waals surface area contributed by atoms with Crippen LogP contribution in [0.5, 0.6) is 0 Å². The van der Waals surface area contributed by atoms with Gasteiger partial charge in [-0.25, -0.2) is 4.58 Å². The van der Waals surface area contributed by atoms with Gasteiger partial charge in [0.25, 0.3) is 0 Å². The summed E-state index contributed by atoms with van der Waals surface area (Å²) in [6.45, 7) is 3.94. The highest BCUT2D eigenvalue weighted by Crippen LogP contribution is 2.23. The summed E-state index contributed by atoms with van der Waals surface area (Å²) in [5, 5.41) is 3.01. The lowest BCUT2D eigenvalue weighted by Crippen LogP contribution is -2.30. The van der Waals surface area contributed by atoms with Crippen molar-refractivity contribution in [3.8, 4) is 11.3 Å². The molecule has 134 valence electrons. The average molecular weight is 375 g/mol. The van der Waals surface area contributed by atoms with Crippen LogP contribution in [0.4, 0.5) is 0 Å². The van der Waals surface area contributed by atoms with Crippen LogP contribution in [-0.4, -0.2) is 6.54 Å². The smallest absolute Gasteiger partial charge is 0.215 e. The van der Waals surface area contributed by atoms with E-state index in [2.05, 4.69) is 60.0 Å². The second kappa shape index (κ2) is 7.81. The highest BCUT2D eigenvalue weighted by molar-refractivity contribution is 6.30. The number of fused-ring (bicyclic) bond motifs is 1. The highest BCUT2D eigenvalue weighted by atomic mass is 35.5. The van der Waals surface area contributed by atoms with Crippen molar-refractivity contribution in [3.63, 3.8) is 0 Å². The van der Waals surface area contributed by atoms with E-state index < -0.39 is 0 Å². The molecule has 0 aliphatic heterocycles. The van der Waals surface area contributed by atoms with Crippen molar-refractivity contribution in [1.29, 1.82) is 0 Å². The number of nitrogens with zero attached hydrogens (tertiary/aromatic N) is 1. The minimum Gasteiger partial charge on any atom is -0.456 e. The molecule has 0 saturated heterocycles. The van der Waals surface area contributed by atoms with Crippen molar-refractivity contribution in [3.05, 3.63) is 101 Å². The molecular weight excluding hydrogens is 354 g/mol. The Labute approximate surface area is 164 Å². The van der Waals surface area contributed by atoms with E-state index in [9.17, 15) is 0 Å². The molecule has 0 aliphatic carbocycles. The SMILES string of the molecule is CC[N+](Cc1ccccc1)=c1cc(-c2ccc(Cl)cc2)oc2ccccc12. The lowest BCUT2D eigenvalue weighted by atomic mass is 10.1. The number of para-hydroxylation sites is 1. The van der Waals surface area contributed by atoms with Crippen LogP contribution in [0, 0.1) is 0 Å². The summed E-state index contributed by atoms with van der Waals surface area (Å²) in [5.74, 6) is 0.840. The largest absolute Gasteiger partial charge is 0.456 e. The molecule has 3 heteroatoms. The summed E-state index contributed by atoms with van der Waals surface area (Å²) in [7, 11) is 0. The van der Waals surface area contributed by atoms with E-state index in [1.165, 1.54) is 10.9 Å². The maximum atomic E-state index is 6.20. The monoisotopic (exact) mass is 374 g/mol. The molecule has 0 N–H and O–H groups in total. The molecule has 4 aromatic rings. The maximum absolute atomic E-state index is 6.20. The Hall–Kier alpha value is -2.84. The fraction of sp³-hybridized carbons (Fsp3) is 0.125. The van der Waals surface area contributed by atoms with Crippen molar-refractivity contribution in [2.75, 3.05) is 6.54 Å². The van der Waals surface area contributed by atoms with Gasteiger partial charge in [0.1, 0.15) is 17.9 Å². The number of hydrogen-bond donors (Lipinski definition) is 0. The zero-order valence-electron chi connectivity index (χ0n) is 15.2. The summed E-state index contributed by atoms with van der Waals surface area (Å²) in [6, 6.07) is 28.7. The van der Waals surface area contributed by atoms with E-state index >= 15 is 0 Å². The molecule has 0 aliphatic rings. The summed E-state index contributed by atoms with van der Waals surface area (Å²) >= 11 is 6.05. The van der Waals surface area contributed by atoms with Gasteiger partial charge in [-0.2, -0.15) is 0 Å². The Balaban J connectivity index is 1.95. The van der Waals surface area contributed by atoms with Crippen molar-refractivity contribution < 1.29 is 4.42 Å². The Kier molecular flexibility index (Phi) is 5.08. The van der Waals surface area contributed by atoms with Crippen molar-refractivity contribution in [2.45, 2.75) is 13.5 Å². The van der Waals surface area contributed by atoms with Crippen LogP contribution in [-0.2, 0) is 6.54 Å². The van der Waals surface area contributed by atoms with E-state index in [0.717, 1.165) is 40.4 Å². The zero-order chi connectivity index (χ0) is 18.6. The van der Waals surface area contributed by atoms with E-state index in [4.69, 9.17) is 16.0 Å². The van der Waals surface area contributed by atoms with Crippen molar-refractivity contribution in [1.82, 2.24) is 4.58 Å². The first-order valence-corrected chi connectivity index (χ1v) is 9.53. The molecule has 0 atom stereocenters. The van der Waals surface area contributed by atoms with Gasteiger partial charge in [0, 0.05) is 16.1 Å². The molecule has 0 fully saturated rings. The normalized spacial score (nSPS) is 12.2. The minimum atomic E-state index is 0.721. The van der Waals surface area contributed by atoms with Gasteiger partial charge in [0.15, 0.2) is 6.54 Å². The maximum Gasteiger partial charge on any atom is 0.215 e. The molecule has 1 aromatic heterocycles. The Morgan fingerprint density at radius 3 is 2.30 bits per heavy atom. The van der Waals surface area contributed by atoms with Crippen molar-refractivity contribution >= 4 is 22.6 Å². The number of halogens is 1. The second-order valence-corrected chi connectivity index (χ2v) is 6.94. The average Bonchev–Trinajstić information content (AvgIpc) is 2.72. The standard InChI is InChI=1S/C24H21ClNO/c1-2-26(17-18-8-4-3-5-9-18)22-16-24(19-12-14-20(25)15-13-19)27-23-11-7-6-10-21(22)23/h3-16H,2,17H2,1H3/q+1. The molecule has 1 heterocycles. The molecule has 3 aromatic carbocycles. The van der Waals surface area contributed by atoms with E-state index in [1.807, 2.05) is 36.4 Å². The van der Waals surface area contributed by atoms with Gasteiger partial charge in [0.2, 0.25) is 5.36 Å². The Bertz CT molecular complexity index is 1130. The molecule has 27 heavy (non-hydrogen) atoms. The minimum absolute atomic E-state index is 0.721. The Morgan fingerprint density at radius 1 is 0.852 bits per heavy atom. The predicted octanol–water partition coefficient (Wildman–Crippen LogP) is 5.75. The van der Waals surface area contributed by atoms with E-state index in [1.54, 1.807) is 0 Å². The molecule has 2 nitrogen and oxygen atoms in total. The van der Waals surface area contributed by atoms with Crippen LogP contribution in [0.1, 0.15) is 12.5 Å². The van der Waals surface area contributed by atoms with Crippen LogP contribution < -0.4 is 9.93 Å². The molecule has 0 unspecified atom stereocenters. The summed E-state index contributed by atoms with van der Waals surface area (Å²) < 4.78 is 8.59. The topological polar surface area (TPSA) is 16.1 Å². The summed E-state index contributed by atoms with van der Waals surface area (Å²) in [4.78, 5) is 0. The lowest BCUT2D eigenvalue weighted by Gasteiger charge is -2.07. The number of benzene rings is 3. The van der Waals surface area contributed by atoms with Crippen LogP contribution in [0.15, 0.2) is 89.3 Å². The first-order valence-electron chi connectivity index (χ1n) is 9.15. The third kappa shape index (κ3) is 3.81. The summed E-state index contributed by atoms with van der Waals surface area (Å²) in [6.07, 6.45) is 0.